The van der Waals surface area contributed by atoms with Gasteiger partial charge in [-0.2, -0.15) is 0 Å². The molecule has 1 aliphatic carbocycles. The van der Waals surface area contributed by atoms with Gasteiger partial charge in [0.05, 0.1) is 0 Å². The molecule has 14 heavy (non-hydrogen) atoms. The van der Waals surface area contributed by atoms with Crippen molar-refractivity contribution in [1.82, 2.24) is 5.32 Å². The molecule has 2 N–H and O–H groups in total. The fourth-order valence-corrected chi connectivity index (χ4v) is 2.69. The second-order valence-electron chi connectivity index (χ2n) is 4.29. The van der Waals surface area contributed by atoms with Gasteiger partial charge in [0.25, 0.3) is 0 Å². The van der Waals surface area contributed by atoms with Crippen molar-refractivity contribution < 1.29 is 9.90 Å². The van der Waals surface area contributed by atoms with Gasteiger partial charge in [0.1, 0.15) is 6.04 Å². The third-order valence-corrected chi connectivity index (χ3v) is 3.45. The lowest BCUT2D eigenvalue weighted by molar-refractivity contribution is -0.141. The molecule has 3 nitrogen and oxygen atoms in total. The minimum absolute atomic E-state index is 0. The molecule has 3 unspecified atom stereocenters. The number of rotatable bonds is 1. The van der Waals surface area contributed by atoms with Crippen molar-refractivity contribution in [1.29, 1.82) is 0 Å². The van der Waals surface area contributed by atoms with E-state index in [-0.39, 0.29) is 18.4 Å². The minimum Gasteiger partial charge on any atom is -0.480 e. The van der Waals surface area contributed by atoms with Gasteiger partial charge in [-0.25, -0.2) is 0 Å². The zero-order valence-electron chi connectivity index (χ0n) is 8.24. The van der Waals surface area contributed by atoms with Gasteiger partial charge in [-0.1, -0.05) is 12.8 Å². The Morgan fingerprint density at radius 3 is 2.57 bits per heavy atom. The van der Waals surface area contributed by atoms with Crippen LogP contribution in [0.15, 0.2) is 0 Å². The molecular formula is C10H18ClNO2. The number of carboxylic acid groups (broad SMARTS) is 1. The van der Waals surface area contributed by atoms with Crippen LogP contribution in [0.2, 0.25) is 0 Å². The number of hydrogen-bond acceptors (Lipinski definition) is 2. The number of carbonyl (C=O) groups is 1. The first-order chi connectivity index (χ1) is 6.27. The van der Waals surface area contributed by atoms with Crippen LogP contribution in [0.4, 0.5) is 0 Å². The molecule has 0 aromatic rings. The molecule has 1 heterocycles. The van der Waals surface area contributed by atoms with Gasteiger partial charge < -0.3 is 10.4 Å². The zero-order chi connectivity index (χ0) is 9.26. The Kier molecular flexibility index (Phi) is 4.20. The van der Waals surface area contributed by atoms with Crippen LogP contribution in [0, 0.1) is 5.92 Å². The quantitative estimate of drug-likeness (QED) is 0.707. The Balaban J connectivity index is 0.000000980. The van der Waals surface area contributed by atoms with Crippen molar-refractivity contribution in [2.75, 3.05) is 0 Å². The number of halogens is 1. The summed E-state index contributed by atoms with van der Waals surface area (Å²) in [5, 5.41) is 12.1. The van der Waals surface area contributed by atoms with Gasteiger partial charge in [-0.3, -0.25) is 4.79 Å². The number of nitrogens with one attached hydrogen (secondary N) is 1. The van der Waals surface area contributed by atoms with Crippen LogP contribution in [0.1, 0.15) is 38.5 Å². The van der Waals surface area contributed by atoms with Crippen LogP contribution in [-0.2, 0) is 4.79 Å². The second kappa shape index (κ2) is 4.99. The van der Waals surface area contributed by atoms with E-state index in [0.29, 0.717) is 6.04 Å². The van der Waals surface area contributed by atoms with Crippen LogP contribution in [0.25, 0.3) is 0 Å². The summed E-state index contributed by atoms with van der Waals surface area (Å²) in [6, 6.07) is 0.211. The molecule has 0 spiro atoms. The highest BCUT2D eigenvalue weighted by atomic mass is 35.5. The van der Waals surface area contributed by atoms with Crippen molar-refractivity contribution >= 4 is 18.4 Å². The molecule has 2 rings (SSSR count). The first-order valence-electron chi connectivity index (χ1n) is 5.26. The molecule has 0 aromatic heterocycles. The summed E-state index contributed by atoms with van der Waals surface area (Å²) in [7, 11) is 0. The van der Waals surface area contributed by atoms with Crippen molar-refractivity contribution in [2.24, 2.45) is 5.92 Å². The molecule has 82 valence electrons. The third kappa shape index (κ3) is 2.39. The first kappa shape index (κ1) is 11.8. The van der Waals surface area contributed by atoms with Gasteiger partial charge in [0, 0.05) is 6.04 Å². The molecule has 2 aliphatic rings. The number of aliphatic carboxylic acids is 1. The van der Waals surface area contributed by atoms with Crippen molar-refractivity contribution in [3.63, 3.8) is 0 Å². The fourth-order valence-electron chi connectivity index (χ4n) is 2.69. The van der Waals surface area contributed by atoms with Crippen molar-refractivity contribution in [2.45, 2.75) is 50.6 Å². The van der Waals surface area contributed by atoms with E-state index in [2.05, 4.69) is 5.32 Å². The smallest absolute Gasteiger partial charge is 0.320 e. The van der Waals surface area contributed by atoms with Gasteiger partial charge in [-0.05, 0) is 31.6 Å². The zero-order valence-corrected chi connectivity index (χ0v) is 9.05. The maximum absolute atomic E-state index is 10.8. The Bertz CT molecular complexity index is 210. The normalized spacial score (nSPS) is 36.7. The first-order valence-corrected chi connectivity index (χ1v) is 5.26. The maximum atomic E-state index is 10.8. The SMILES string of the molecule is Cl.O=C(O)C1CCC2CCCCC2N1. The minimum atomic E-state index is -0.677. The third-order valence-electron chi connectivity index (χ3n) is 3.45. The molecule has 0 radical (unpaired) electrons. The van der Waals surface area contributed by atoms with Crippen LogP contribution >= 0.6 is 12.4 Å². The topological polar surface area (TPSA) is 49.3 Å². The lowest BCUT2D eigenvalue weighted by atomic mass is 9.78. The molecule has 0 bridgehead atoms. The van der Waals surface area contributed by atoms with E-state index in [1.807, 2.05) is 0 Å². The summed E-state index contributed by atoms with van der Waals surface area (Å²) >= 11 is 0. The van der Waals surface area contributed by atoms with E-state index in [1.165, 1.54) is 25.7 Å². The summed E-state index contributed by atoms with van der Waals surface area (Å²) in [5.41, 5.74) is 0. The highest BCUT2D eigenvalue weighted by molar-refractivity contribution is 5.85. The lowest BCUT2D eigenvalue weighted by Crippen LogP contribution is -2.51. The molecule has 1 saturated carbocycles. The standard InChI is InChI=1S/C10H17NO2.ClH/c12-10(13)9-6-5-7-3-1-2-4-8(7)11-9;/h7-9,11H,1-6H2,(H,12,13);1H. The second-order valence-corrected chi connectivity index (χ2v) is 4.29. The molecule has 0 amide bonds. The Hall–Kier alpha value is -0.280. The van der Waals surface area contributed by atoms with Gasteiger partial charge in [0.15, 0.2) is 0 Å². The molecule has 0 aromatic carbocycles. The highest BCUT2D eigenvalue weighted by Gasteiger charge is 2.34. The predicted octanol–water partition coefficient (Wildman–Crippen LogP) is 1.80. The number of fused-ring (bicyclic) bond motifs is 1. The average molecular weight is 220 g/mol. The van der Waals surface area contributed by atoms with E-state index >= 15 is 0 Å². The summed E-state index contributed by atoms with van der Waals surface area (Å²) < 4.78 is 0. The summed E-state index contributed by atoms with van der Waals surface area (Å²) in [4.78, 5) is 10.8. The van der Waals surface area contributed by atoms with Crippen molar-refractivity contribution in [3.05, 3.63) is 0 Å². The average Bonchev–Trinajstić information content (AvgIpc) is 2.17. The van der Waals surface area contributed by atoms with Crippen LogP contribution in [0.5, 0.6) is 0 Å². The Labute approximate surface area is 90.7 Å². The van der Waals surface area contributed by atoms with Crippen LogP contribution in [0.3, 0.4) is 0 Å². The van der Waals surface area contributed by atoms with E-state index in [1.54, 1.807) is 0 Å². The van der Waals surface area contributed by atoms with Crippen LogP contribution < -0.4 is 5.32 Å². The lowest BCUT2D eigenvalue weighted by Gasteiger charge is -2.39. The van der Waals surface area contributed by atoms with Crippen LogP contribution in [-0.4, -0.2) is 23.2 Å². The number of piperidine rings is 1. The molecule has 4 heteroatoms. The Morgan fingerprint density at radius 1 is 1.14 bits per heavy atom. The van der Waals surface area contributed by atoms with E-state index < -0.39 is 5.97 Å². The largest absolute Gasteiger partial charge is 0.480 e. The summed E-state index contributed by atoms with van der Waals surface area (Å²) in [6.07, 6.45) is 6.99. The van der Waals surface area contributed by atoms with Gasteiger partial charge in [-0.15, -0.1) is 12.4 Å². The molecule has 2 fully saturated rings. The van der Waals surface area contributed by atoms with E-state index in [4.69, 9.17) is 5.11 Å². The molecular weight excluding hydrogens is 202 g/mol. The summed E-state index contributed by atoms with van der Waals surface area (Å²) in [5.74, 6) is 0.0772. The van der Waals surface area contributed by atoms with E-state index in [9.17, 15) is 4.79 Å². The monoisotopic (exact) mass is 219 g/mol. The number of carboxylic acids is 1. The highest BCUT2D eigenvalue weighted by Crippen LogP contribution is 2.32. The van der Waals surface area contributed by atoms with Gasteiger partial charge in [0.2, 0.25) is 0 Å². The molecule has 1 saturated heterocycles. The number of hydrogen-bond donors (Lipinski definition) is 2. The maximum Gasteiger partial charge on any atom is 0.320 e. The van der Waals surface area contributed by atoms with Gasteiger partial charge >= 0.3 is 5.97 Å². The Morgan fingerprint density at radius 2 is 1.86 bits per heavy atom. The van der Waals surface area contributed by atoms with Crippen molar-refractivity contribution in [3.8, 4) is 0 Å². The van der Waals surface area contributed by atoms with E-state index in [0.717, 1.165) is 18.8 Å². The summed E-state index contributed by atoms with van der Waals surface area (Å²) in [6.45, 7) is 0. The molecule has 1 aliphatic heterocycles. The molecule has 3 atom stereocenters. The predicted molar refractivity (Wildman–Crippen MR) is 56.8 cm³/mol. The fraction of sp³-hybridized carbons (Fsp3) is 0.900.